The summed E-state index contributed by atoms with van der Waals surface area (Å²) in [6.07, 6.45) is -4.75. The molecule has 0 saturated heterocycles. The molecule has 2 N–H and O–H groups in total. The van der Waals surface area contributed by atoms with Crippen molar-refractivity contribution in [2.24, 2.45) is 4.99 Å². The van der Waals surface area contributed by atoms with E-state index in [2.05, 4.69) is 20.4 Å². The van der Waals surface area contributed by atoms with Gasteiger partial charge >= 0.3 is 6.36 Å². The molecule has 6 nitrogen and oxygen atoms in total. The van der Waals surface area contributed by atoms with Gasteiger partial charge in [-0.3, -0.25) is 4.99 Å². The summed E-state index contributed by atoms with van der Waals surface area (Å²) in [6, 6.07) is 11.4. The number of guanidine groups is 1. The number of hydrogen-bond donors (Lipinski definition) is 2. The summed E-state index contributed by atoms with van der Waals surface area (Å²) in [5.74, 6) is 1.48. The van der Waals surface area contributed by atoms with E-state index in [1.807, 2.05) is 6.07 Å². The number of aliphatic imine (C=N–C) groups is 1. The number of nitrogens with zero attached hydrogens (tertiary/aromatic N) is 1. The largest absolute Gasteiger partial charge is 0.573 e. The zero-order valence-corrected chi connectivity index (χ0v) is 15.8. The Kier molecular flexibility index (Phi) is 7.36. The number of nitrogens with one attached hydrogen (secondary N) is 2. The Morgan fingerprint density at radius 3 is 2.14 bits per heavy atom. The fourth-order valence-electron chi connectivity index (χ4n) is 2.45. The van der Waals surface area contributed by atoms with Gasteiger partial charge in [0, 0.05) is 37.3 Å². The fraction of sp³-hybridized carbons (Fsp3) is 0.316. The summed E-state index contributed by atoms with van der Waals surface area (Å²) in [5.41, 5.74) is 1.22. The van der Waals surface area contributed by atoms with Gasteiger partial charge in [0.2, 0.25) is 0 Å². The lowest BCUT2D eigenvalue weighted by molar-refractivity contribution is -0.274. The molecule has 0 spiro atoms. The fourth-order valence-corrected chi connectivity index (χ4v) is 2.45. The third kappa shape index (κ3) is 6.26. The second-order valence-electron chi connectivity index (χ2n) is 5.61. The van der Waals surface area contributed by atoms with Crippen LogP contribution in [-0.4, -0.2) is 33.6 Å². The van der Waals surface area contributed by atoms with Crippen LogP contribution in [0.2, 0.25) is 0 Å². The summed E-state index contributed by atoms with van der Waals surface area (Å²) in [6.45, 7) is 0.499. The van der Waals surface area contributed by atoms with E-state index in [0.29, 0.717) is 29.6 Å². The van der Waals surface area contributed by atoms with Crippen molar-refractivity contribution in [1.82, 2.24) is 10.6 Å². The number of ether oxygens (including phenoxy) is 3. The Bertz CT molecular complexity index is 810. The Morgan fingerprint density at radius 1 is 0.929 bits per heavy atom. The third-order valence-electron chi connectivity index (χ3n) is 3.81. The number of hydrogen-bond acceptors (Lipinski definition) is 4. The van der Waals surface area contributed by atoms with Gasteiger partial charge in [-0.2, -0.15) is 0 Å². The first kappa shape index (κ1) is 21.2. The highest BCUT2D eigenvalue weighted by atomic mass is 19.4. The second kappa shape index (κ2) is 9.72. The summed E-state index contributed by atoms with van der Waals surface area (Å²) in [4.78, 5) is 4.08. The average molecular weight is 397 g/mol. The lowest BCUT2D eigenvalue weighted by Gasteiger charge is -2.16. The van der Waals surface area contributed by atoms with Crippen LogP contribution in [-0.2, 0) is 13.1 Å². The number of halogens is 3. The average Bonchev–Trinajstić information content (AvgIpc) is 2.68. The smallest absolute Gasteiger partial charge is 0.497 e. The Balaban J connectivity index is 2.00. The second-order valence-corrected chi connectivity index (χ2v) is 5.61. The van der Waals surface area contributed by atoms with Crippen LogP contribution in [0.3, 0.4) is 0 Å². The SMILES string of the molecule is CN=C(NCc1ccc(OC)cc1OC)NCc1ccccc1OC(F)(F)F. The maximum absolute atomic E-state index is 12.5. The number of methoxy groups -OCH3 is 2. The highest BCUT2D eigenvalue weighted by molar-refractivity contribution is 5.79. The molecule has 0 aromatic heterocycles. The molecule has 0 aliphatic heterocycles. The predicted molar refractivity (Wildman–Crippen MR) is 99.7 cm³/mol. The molecule has 0 atom stereocenters. The van der Waals surface area contributed by atoms with Gasteiger partial charge in [-0.15, -0.1) is 13.2 Å². The van der Waals surface area contributed by atoms with Gasteiger partial charge in [0.05, 0.1) is 14.2 Å². The molecule has 0 aliphatic carbocycles. The number of benzene rings is 2. The molecule has 28 heavy (non-hydrogen) atoms. The molecule has 2 aromatic rings. The normalized spacial score (nSPS) is 11.7. The van der Waals surface area contributed by atoms with Crippen LogP contribution in [0.1, 0.15) is 11.1 Å². The van der Waals surface area contributed by atoms with Gasteiger partial charge in [0.25, 0.3) is 0 Å². The monoisotopic (exact) mass is 397 g/mol. The number of alkyl halides is 3. The Hall–Kier alpha value is -3.10. The van der Waals surface area contributed by atoms with Crippen LogP contribution in [0.25, 0.3) is 0 Å². The van der Waals surface area contributed by atoms with Crippen molar-refractivity contribution >= 4 is 5.96 Å². The van der Waals surface area contributed by atoms with E-state index in [0.717, 1.165) is 5.56 Å². The number of para-hydroxylation sites is 1. The molecule has 152 valence electrons. The maximum atomic E-state index is 12.5. The summed E-state index contributed by atoms with van der Waals surface area (Å²) in [7, 11) is 4.69. The van der Waals surface area contributed by atoms with E-state index >= 15 is 0 Å². The van der Waals surface area contributed by atoms with E-state index in [4.69, 9.17) is 9.47 Å². The molecule has 2 aromatic carbocycles. The molecule has 0 unspecified atom stereocenters. The van der Waals surface area contributed by atoms with Crippen LogP contribution in [0.15, 0.2) is 47.5 Å². The minimum Gasteiger partial charge on any atom is -0.497 e. The summed E-state index contributed by atoms with van der Waals surface area (Å²) in [5, 5.41) is 6.06. The van der Waals surface area contributed by atoms with Gasteiger partial charge < -0.3 is 24.8 Å². The predicted octanol–water partition coefficient (Wildman–Crippen LogP) is 3.47. The van der Waals surface area contributed by atoms with Gasteiger partial charge in [-0.1, -0.05) is 18.2 Å². The van der Waals surface area contributed by atoms with Crippen molar-refractivity contribution in [3.05, 3.63) is 53.6 Å². The highest BCUT2D eigenvalue weighted by Crippen LogP contribution is 2.26. The van der Waals surface area contributed by atoms with Gasteiger partial charge in [-0.05, 0) is 18.2 Å². The van der Waals surface area contributed by atoms with Crippen molar-refractivity contribution in [3.63, 3.8) is 0 Å². The molecule has 9 heteroatoms. The van der Waals surface area contributed by atoms with Crippen LogP contribution in [0, 0.1) is 0 Å². The quantitative estimate of drug-likeness (QED) is 0.553. The first-order chi connectivity index (χ1) is 13.4. The van der Waals surface area contributed by atoms with Gasteiger partial charge in [-0.25, -0.2) is 0 Å². The van der Waals surface area contributed by atoms with Crippen LogP contribution in [0.4, 0.5) is 13.2 Å². The van der Waals surface area contributed by atoms with E-state index < -0.39 is 6.36 Å². The molecule has 0 saturated carbocycles. The van der Waals surface area contributed by atoms with Gasteiger partial charge in [0.15, 0.2) is 5.96 Å². The number of rotatable bonds is 7. The van der Waals surface area contributed by atoms with E-state index in [1.54, 1.807) is 45.5 Å². The van der Waals surface area contributed by atoms with Crippen molar-refractivity contribution in [1.29, 1.82) is 0 Å². The Morgan fingerprint density at radius 2 is 1.57 bits per heavy atom. The maximum Gasteiger partial charge on any atom is 0.573 e. The van der Waals surface area contributed by atoms with Crippen LogP contribution >= 0.6 is 0 Å². The molecule has 0 fully saturated rings. The highest BCUT2D eigenvalue weighted by Gasteiger charge is 2.31. The molecule has 2 rings (SSSR count). The van der Waals surface area contributed by atoms with E-state index in [-0.39, 0.29) is 12.3 Å². The molecule has 0 heterocycles. The molecule has 0 bridgehead atoms. The van der Waals surface area contributed by atoms with Crippen LogP contribution < -0.4 is 24.8 Å². The van der Waals surface area contributed by atoms with E-state index in [9.17, 15) is 13.2 Å². The van der Waals surface area contributed by atoms with Crippen molar-refractivity contribution in [3.8, 4) is 17.2 Å². The molecular formula is C19H22F3N3O3. The molecule has 0 amide bonds. The summed E-state index contributed by atoms with van der Waals surface area (Å²) >= 11 is 0. The molecular weight excluding hydrogens is 375 g/mol. The first-order valence-corrected chi connectivity index (χ1v) is 8.35. The van der Waals surface area contributed by atoms with Crippen molar-refractivity contribution < 1.29 is 27.4 Å². The Labute approximate surface area is 161 Å². The van der Waals surface area contributed by atoms with Crippen molar-refractivity contribution in [2.45, 2.75) is 19.5 Å². The minimum atomic E-state index is -4.75. The minimum absolute atomic E-state index is 0.103. The topological polar surface area (TPSA) is 64.1 Å². The van der Waals surface area contributed by atoms with Gasteiger partial charge in [0.1, 0.15) is 17.2 Å². The lowest BCUT2D eigenvalue weighted by Crippen LogP contribution is -2.36. The zero-order chi connectivity index (χ0) is 20.6. The lowest BCUT2D eigenvalue weighted by atomic mass is 10.2. The van der Waals surface area contributed by atoms with Crippen molar-refractivity contribution in [2.75, 3.05) is 21.3 Å². The molecule has 0 aliphatic rings. The molecule has 0 radical (unpaired) electrons. The third-order valence-corrected chi connectivity index (χ3v) is 3.81. The van der Waals surface area contributed by atoms with E-state index in [1.165, 1.54) is 12.1 Å². The van der Waals surface area contributed by atoms with Crippen LogP contribution in [0.5, 0.6) is 17.2 Å². The zero-order valence-electron chi connectivity index (χ0n) is 15.8. The first-order valence-electron chi connectivity index (χ1n) is 8.35. The standard InChI is InChI=1S/C19H22F3N3O3/c1-23-18(25-12-14-8-9-15(26-2)10-17(14)27-3)24-11-13-6-4-5-7-16(13)28-19(20,21)22/h4-10H,11-12H2,1-3H3,(H2,23,24,25). The summed E-state index contributed by atoms with van der Waals surface area (Å²) < 4.78 is 52.1.